The van der Waals surface area contributed by atoms with E-state index in [1.54, 1.807) is 73.7 Å². The van der Waals surface area contributed by atoms with Crippen molar-refractivity contribution in [3.05, 3.63) is 88.8 Å². The molecule has 5 rings (SSSR count). The molecule has 0 fully saturated rings. The third kappa shape index (κ3) is 4.83. The molecule has 9 heteroatoms. The molecule has 0 saturated heterocycles. The second kappa shape index (κ2) is 9.52. The maximum absolute atomic E-state index is 12.5. The number of furan rings is 1. The second-order valence-corrected chi connectivity index (χ2v) is 7.94. The molecular weight excluding hydrogens is 474 g/mol. The van der Waals surface area contributed by atoms with Crippen LogP contribution in [-0.2, 0) is 11.3 Å². The van der Waals surface area contributed by atoms with Gasteiger partial charge in [-0.05, 0) is 67.6 Å². The zero-order valence-electron chi connectivity index (χ0n) is 18.4. The van der Waals surface area contributed by atoms with Crippen molar-refractivity contribution in [2.24, 2.45) is 0 Å². The summed E-state index contributed by atoms with van der Waals surface area (Å²) in [7, 11) is 0. The minimum atomic E-state index is -0.647. The summed E-state index contributed by atoms with van der Waals surface area (Å²) in [6, 6.07) is 18.2. The number of esters is 2. The number of benzene rings is 3. The van der Waals surface area contributed by atoms with Crippen molar-refractivity contribution in [3.8, 4) is 11.5 Å². The van der Waals surface area contributed by atoms with E-state index < -0.39 is 5.97 Å². The molecule has 0 aliphatic carbocycles. The molecule has 0 spiro atoms. The molecule has 35 heavy (non-hydrogen) atoms. The summed E-state index contributed by atoms with van der Waals surface area (Å²) in [6.07, 6.45) is 0. The van der Waals surface area contributed by atoms with Crippen molar-refractivity contribution in [1.82, 2.24) is 5.16 Å². The van der Waals surface area contributed by atoms with Crippen LogP contribution in [-0.4, -0.2) is 23.7 Å². The fourth-order valence-corrected chi connectivity index (χ4v) is 3.64. The van der Waals surface area contributed by atoms with Gasteiger partial charge in [0.25, 0.3) is 0 Å². The van der Waals surface area contributed by atoms with Crippen LogP contribution in [0.5, 0.6) is 11.5 Å². The summed E-state index contributed by atoms with van der Waals surface area (Å²) < 4.78 is 27.1. The Bertz CT molecular complexity index is 1530. The predicted molar refractivity (Wildman–Crippen MR) is 127 cm³/mol. The highest BCUT2D eigenvalue weighted by Gasteiger charge is 2.17. The molecule has 0 atom stereocenters. The van der Waals surface area contributed by atoms with E-state index in [0.29, 0.717) is 50.6 Å². The quantitative estimate of drug-likeness (QED) is 0.196. The van der Waals surface area contributed by atoms with Gasteiger partial charge < -0.3 is 23.2 Å². The predicted octanol–water partition coefficient (Wildman–Crippen LogP) is 6.20. The first-order chi connectivity index (χ1) is 17.0. The number of aromatic nitrogens is 1. The number of ether oxygens (including phenoxy) is 3. The van der Waals surface area contributed by atoms with Crippen LogP contribution in [0.1, 0.15) is 33.5 Å². The van der Waals surface area contributed by atoms with Gasteiger partial charge in [-0.3, -0.25) is 0 Å². The van der Waals surface area contributed by atoms with Crippen molar-refractivity contribution in [2.75, 3.05) is 6.61 Å². The van der Waals surface area contributed by atoms with E-state index >= 15 is 0 Å². The van der Waals surface area contributed by atoms with E-state index in [9.17, 15) is 9.59 Å². The smallest absolute Gasteiger partial charge is 0.379 e. The first-order valence-corrected chi connectivity index (χ1v) is 11.1. The number of fused-ring (bicyclic) bond motifs is 2. The molecule has 0 radical (unpaired) electrons. The fourth-order valence-electron chi connectivity index (χ4n) is 3.46. The van der Waals surface area contributed by atoms with Crippen molar-refractivity contribution in [2.45, 2.75) is 13.5 Å². The number of hydrogen-bond donors (Lipinski definition) is 0. The van der Waals surface area contributed by atoms with Gasteiger partial charge in [-0.25, -0.2) is 9.59 Å². The van der Waals surface area contributed by atoms with Crippen molar-refractivity contribution in [1.29, 1.82) is 0 Å². The zero-order valence-corrected chi connectivity index (χ0v) is 19.2. The van der Waals surface area contributed by atoms with E-state index in [0.717, 1.165) is 0 Å². The standard InChI is InChI=1S/C26H18ClNO7/c1-2-31-25(29)15-3-6-18(7-4-15)32-14-21-20-9-8-19(13-23(20)35-28-21)33-26(30)24-12-16-11-17(27)5-10-22(16)34-24/h3-13H,2,14H2,1H3. The van der Waals surface area contributed by atoms with Crippen LogP contribution in [0, 0.1) is 0 Å². The van der Waals surface area contributed by atoms with Gasteiger partial charge in [0.15, 0.2) is 5.58 Å². The van der Waals surface area contributed by atoms with Gasteiger partial charge in [-0.2, -0.15) is 0 Å². The number of halogens is 1. The Labute approximate surface area is 203 Å². The number of nitrogens with zero attached hydrogens (tertiary/aromatic N) is 1. The molecule has 0 aliphatic rings. The molecule has 0 unspecified atom stereocenters. The Balaban J connectivity index is 1.25. The van der Waals surface area contributed by atoms with E-state index in [4.69, 9.17) is 34.8 Å². The third-order valence-electron chi connectivity index (χ3n) is 5.15. The molecule has 0 N–H and O–H groups in total. The molecule has 0 saturated carbocycles. The lowest BCUT2D eigenvalue weighted by Gasteiger charge is -2.06. The Morgan fingerprint density at radius 1 is 0.914 bits per heavy atom. The first kappa shape index (κ1) is 22.5. The number of rotatable bonds is 7. The Kier molecular flexibility index (Phi) is 6.12. The molecule has 2 aromatic heterocycles. The summed E-state index contributed by atoms with van der Waals surface area (Å²) in [5.74, 6) is -0.136. The van der Waals surface area contributed by atoms with Gasteiger partial charge in [0, 0.05) is 21.9 Å². The SMILES string of the molecule is CCOC(=O)c1ccc(OCc2noc3cc(OC(=O)c4cc5cc(Cl)ccc5o4)ccc23)cc1. The average molecular weight is 492 g/mol. The Morgan fingerprint density at radius 2 is 1.71 bits per heavy atom. The van der Waals surface area contributed by atoms with Gasteiger partial charge in [-0.1, -0.05) is 16.8 Å². The molecule has 8 nitrogen and oxygen atoms in total. The lowest BCUT2D eigenvalue weighted by Crippen LogP contribution is -2.06. The first-order valence-electron chi connectivity index (χ1n) is 10.7. The van der Waals surface area contributed by atoms with Crippen LogP contribution < -0.4 is 9.47 Å². The largest absolute Gasteiger partial charge is 0.487 e. The van der Waals surface area contributed by atoms with Crippen LogP contribution in [0.2, 0.25) is 5.02 Å². The maximum Gasteiger partial charge on any atom is 0.379 e. The summed E-state index contributed by atoms with van der Waals surface area (Å²) in [5, 5.41) is 6.01. The molecule has 2 heterocycles. The van der Waals surface area contributed by atoms with E-state index in [1.165, 1.54) is 0 Å². The number of carbonyl (C=O) groups is 2. The van der Waals surface area contributed by atoms with E-state index in [1.807, 2.05) is 0 Å². The van der Waals surface area contributed by atoms with Crippen molar-refractivity contribution < 1.29 is 32.7 Å². The third-order valence-corrected chi connectivity index (χ3v) is 5.38. The van der Waals surface area contributed by atoms with Gasteiger partial charge in [0.2, 0.25) is 5.76 Å². The summed E-state index contributed by atoms with van der Waals surface area (Å²) in [6.45, 7) is 2.21. The van der Waals surface area contributed by atoms with Crippen LogP contribution >= 0.6 is 11.6 Å². The maximum atomic E-state index is 12.5. The minimum absolute atomic E-state index is 0.0583. The van der Waals surface area contributed by atoms with Crippen LogP contribution in [0.4, 0.5) is 0 Å². The zero-order chi connectivity index (χ0) is 24.4. The Hall–Kier alpha value is -4.30. The summed E-state index contributed by atoms with van der Waals surface area (Å²) in [5.41, 5.74) is 1.98. The summed E-state index contributed by atoms with van der Waals surface area (Å²) in [4.78, 5) is 24.3. The van der Waals surface area contributed by atoms with E-state index in [-0.39, 0.29) is 24.1 Å². The minimum Gasteiger partial charge on any atom is -0.487 e. The van der Waals surface area contributed by atoms with Gasteiger partial charge in [-0.15, -0.1) is 0 Å². The highest BCUT2D eigenvalue weighted by molar-refractivity contribution is 6.31. The molecular formula is C26H18ClNO7. The normalized spacial score (nSPS) is 11.0. The topological polar surface area (TPSA) is 101 Å². The number of hydrogen-bond acceptors (Lipinski definition) is 8. The molecule has 0 aliphatic heterocycles. The highest BCUT2D eigenvalue weighted by atomic mass is 35.5. The lowest BCUT2D eigenvalue weighted by molar-refractivity contribution is 0.0526. The van der Waals surface area contributed by atoms with Crippen LogP contribution in [0.15, 0.2) is 75.7 Å². The van der Waals surface area contributed by atoms with Crippen LogP contribution in [0.25, 0.3) is 21.9 Å². The van der Waals surface area contributed by atoms with Gasteiger partial charge >= 0.3 is 11.9 Å². The van der Waals surface area contributed by atoms with Crippen LogP contribution in [0.3, 0.4) is 0 Å². The van der Waals surface area contributed by atoms with Gasteiger partial charge in [0.1, 0.15) is 29.4 Å². The number of carbonyl (C=O) groups excluding carboxylic acids is 2. The molecule has 176 valence electrons. The fraction of sp³-hybridized carbons (Fsp3) is 0.115. The van der Waals surface area contributed by atoms with Crippen molar-refractivity contribution in [3.63, 3.8) is 0 Å². The molecule has 5 aromatic rings. The summed E-state index contributed by atoms with van der Waals surface area (Å²) >= 11 is 5.98. The Morgan fingerprint density at radius 3 is 2.51 bits per heavy atom. The molecule has 3 aromatic carbocycles. The second-order valence-electron chi connectivity index (χ2n) is 7.50. The van der Waals surface area contributed by atoms with Gasteiger partial charge in [0.05, 0.1) is 12.2 Å². The average Bonchev–Trinajstić information content (AvgIpc) is 3.46. The highest BCUT2D eigenvalue weighted by Crippen LogP contribution is 2.27. The van der Waals surface area contributed by atoms with Crippen molar-refractivity contribution >= 4 is 45.5 Å². The lowest BCUT2D eigenvalue weighted by atomic mass is 10.2. The molecule has 0 bridgehead atoms. The monoisotopic (exact) mass is 491 g/mol. The molecule has 0 amide bonds. The van der Waals surface area contributed by atoms with E-state index in [2.05, 4.69) is 5.16 Å².